The fraction of sp³-hybridized carbons (Fsp3) is 0.653. The molecule has 1 amide bonds. The van der Waals surface area contributed by atoms with Gasteiger partial charge in [0.05, 0.1) is 56.5 Å². The zero-order valence-corrected chi connectivity index (χ0v) is 56.9. The predicted molar refractivity (Wildman–Crippen MR) is 354 cm³/mol. The van der Waals surface area contributed by atoms with E-state index in [0.29, 0.717) is 123 Å². The number of ether oxygens (including phenoxy) is 7. The number of aliphatic hydroxyl groups excluding tert-OH is 2. The highest BCUT2D eigenvalue weighted by molar-refractivity contribution is 6.39. The Morgan fingerprint density at radius 3 is 2.27 bits per heavy atom. The number of carbonyl (C=O) groups is 5. The highest BCUT2D eigenvalue weighted by Crippen LogP contribution is 2.39. The Morgan fingerprint density at radius 1 is 0.819 bits per heavy atom. The lowest BCUT2D eigenvalue weighted by Crippen LogP contribution is -2.61. The minimum atomic E-state index is -2.54. The van der Waals surface area contributed by atoms with Crippen molar-refractivity contribution < 1.29 is 72.5 Å². The molecule has 22 heteroatoms. The summed E-state index contributed by atoms with van der Waals surface area (Å²) in [5.74, 6) is -8.07. The van der Waals surface area contributed by atoms with E-state index in [4.69, 9.17) is 38.9 Å². The molecule has 3 aromatic heterocycles. The summed E-state index contributed by atoms with van der Waals surface area (Å²) in [7, 11) is 4.47. The Bertz CT molecular complexity index is 3300. The molecule has 5 aliphatic rings. The number of aliphatic hydroxyl groups is 3. The number of cyclic esters (lactones) is 1. The summed E-state index contributed by atoms with van der Waals surface area (Å²) in [6.45, 7) is 14.9. The second-order valence-electron chi connectivity index (χ2n) is 27.3. The van der Waals surface area contributed by atoms with Crippen molar-refractivity contribution in [3.8, 4) is 17.0 Å². The molecule has 8 rings (SSSR count). The Kier molecular flexibility index (Phi) is 26.2. The van der Waals surface area contributed by atoms with E-state index in [0.717, 1.165) is 5.57 Å². The Balaban J connectivity index is 1.01. The van der Waals surface area contributed by atoms with Crippen LogP contribution in [0.5, 0.6) is 5.88 Å². The number of nitrogen functional groups attached to an aromatic ring is 1. The van der Waals surface area contributed by atoms with E-state index < -0.39 is 83.9 Å². The molecule has 1 unspecified atom stereocenters. The van der Waals surface area contributed by atoms with E-state index in [1.54, 1.807) is 62.9 Å². The fourth-order valence-electron chi connectivity index (χ4n) is 14.5. The van der Waals surface area contributed by atoms with Crippen LogP contribution in [0.2, 0.25) is 0 Å². The number of aromatic nitrogens is 4. The van der Waals surface area contributed by atoms with Crippen LogP contribution in [0.3, 0.4) is 0 Å². The number of pyridine rings is 2. The summed E-state index contributed by atoms with van der Waals surface area (Å²) < 4.78 is 44.2. The van der Waals surface area contributed by atoms with Crippen molar-refractivity contribution in [2.24, 2.45) is 35.5 Å². The smallest absolute Gasteiger partial charge is 0.329 e. The topological polar surface area (TPSA) is 301 Å². The molecule has 5 N–H and O–H groups in total. The monoisotopic (exact) mass is 1310 g/mol. The van der Waals surface area contributed by atoms with Gasteiger partial charge in [-0.3, -0.25) is 28.5 Å². The maximum atomic E-state index is 14.7. The third kappa shape index (κ3) is 18.0. The minimum Gasteiger partial charge on any atom is -0.481 e. The van der Waals surface area contributed by atoms with Crippen LogP contribution in [0.4, 0.5) is 5.95 Å². The van der Waals surface area contributed by atoms with Crippen LogP contribution in [-0.2, 0) is 52.4 Å². The Morgan fingerprint density at radius 2 is 1.56 bits per heavy atom. The molecule has 0 aromatic carbocycles. The first kappa shape index (κ1) is 73.4. The van der Waals surface area contributed by atoms with Crippen LogP contribution < -0.4 is 16.0 Å². The van der Waals surface area contributed by atoms with Gasteiger partial charge in [-0.1, -0.05) is 71.1 Å². The van der Waals surface area contributed by atoms with Crippen LogP contribution >= 0.6 is 0 Å². The Hall–Kier alpha value is -6.37. The molecule has 94 heavy (non-hydrogen) atoms. The molecule has 4 fully saturated rings. The normalized spacial score (nSPS) is 34.1. The lowest BCUT2D eigenvalue weighted by Gasteiger charge is -2.43. The van der Waals surface area contributed by atoms with E-state index in [9.17, 15) is 44.1 Å². The molecule has 2 saturated carbocycles. The van der Waals surface area contributed by atoms with Crippen molar-refractivity contribution in [3.63, 3.8) is 0 Å². The van der Waals surface area contributed by atoms with E-state index in [-0.39, 0.29) is 98.1 Å². The molecule has 0 radical (unpaired) electrons. The predicted octanol–water partition coefficient (Wildman–Crippen LogP) is 8.82. The highest BCUT2D eigenvalue weighted by atomic mass is 16.6. The van der Waals surface area contributed by atoms with E-state index in [1.165, 1.54) is 19.1 Å². The molecule has 3 aromatic rings. The summed E-state index contributed by atoms with van der Waals surface area (Å²) in [5.41, 5.74) is 9.34. The number of fused-ring (bicyclic) bond motifs is 4. The quantitative estimate of drug-likeness (QED) is 0.0537. The summed E-state index contributed by atoms with van der Waals surface area (Å²) in [6.07, 6.45) is 14.1. The summed E-state index contributed by atoms with van der Waals surface area (Å²) >= 11 is 0. The molecule has 0 spiro atoms. The molecule has 516 valence electrons. The van der Waals surface area contributed by atoms with Gasteiger partial charge < -0.3 is 59.1 Å². The van der Waals surface area contributed by atoms with Crippen molar-refractivity contribution >= 4 is 46.2 Å². The zero-order chi connectivity index (χ0) is 68.1. The number of amides is 1. The van der Waals surface area contributed by atoms with Crippen molar-refractivity contribution in [2.75, 3.05) is 46.8 Å². The van der Waals surface area contributed by atoms with Gasteiger partial charge in [-0.2, -0.15) is 4.98 Å². The standard InChI is InChI=1S/C72H102N6O16/c1-41-17-13-12-14-18-42(2)59(92-32-31-91-52-26-23-51(24-27-52)78-67-54(48(8)75-71(73)76-67)38-55(68(78)84)50-22-29-62(89-10)74-40-50)37-53-25-20-47(7)72(87,94-53)66(83)69(85)77-30-16-15-19-56(77)70(86)93-60(44(4)35-49-21-28-57(79)61(36-49)88-9)39-58(80)43(3)34-46(6)64(82)65(90-11)63(81)45(5)33-41/h12-14,17-18,22,29,34,38,40-41,43-45,47,49,51-53,56-57,59-61,64-65,79,82,87H,15-16,19-21,23-28,30-33,35-37,39H2,1-11H3,(H2,73,75,76)/b14-12+,17-13+,42-18-,46-34+/t41-,43-,44?,45-,47-,49-,51?,52?,53+,56+,57-,59+,60+,61-,64-,65+,72-/m1/s1. The average molecular weight is 1310 g/mol. The summed E-state index contributed by atoms with van der Waals surface area (Å²) in [6, 6.07) is 3.91. The molecule has 22 nitrogen and oxygen atoms in total. The van der Waals surface area contributed by atoms with Crippen LogP contribution in [0.15, 0.2) is 76.8 Å². The summed E-state index contributed by atoms with van der Waals surface area (Å²) in [4.78, 5) is 101. The SMILES string of the molecule is COc1ccc(-c2cc3c(C)nc(N)nc3n(C3CCC(OCCO[C@H]4C[C@@H]5CC[C@@H](C)[C@@](O)(O5)C(=O)C(=O)N5CCCC[C@H]5C(=O)O[C@H](C(C)C[C@H]5CC[C@@H](O)[C@H](OC)C5)CC(=O)[C@H](C)/C=C(\C)[C@@H](O)[C@@H](OC)C(=O)[C@H](C)C[C@H](C)/C=C/C=C/C=C\4C)CC3)c2=O)cn1. The minimum absolute atomic E-state index is 0.0393. The highest BCUT2D eigenvalue weighted by Gasteiger charge is 2.53. The number of methoxy groups -OCH3 is 3. The first-order valence-electron chi connectivity index (χ1n) is 33.9. The van der Waals surface area contributed by atoms with E-state index in [2.05, 4.69) is 15.0 Å². The van der Waals surface area contributed by atoms with Gasteiger partial charge in [0.1, 0.15) is 35.8 Å². The number of piperidine rings is 1. The molecule has 2 saturated heterocycles. The van der Waals surface area contributed by atoms with Crippen molar-refractivity contribution in [1.29, 1.82) is 0 Å². The lowest BCUT2D eigenvalue weighted by molar-refractivity contribution is -0.266. The number of esters is 1. The van der Waals surface area contributed by atoms with Gasteiger partial charge >= 0.3 is 5.97 Å². The number of hydrogen-bond donors (Lipinski definition) is 4. The fourth-order valence-corrected chi connectivity index (χ4v) is 14.5. The van der Waals surface area contributed by atoms with Crippen LogP contribution in [0.25, 0.3) is 22.2 Å². The third-order valence-corrected chi connectivity index (χ3v) is 20.3. The zero-order valence-electron chi connectivity index (χ0n) is 56.9. The first-order valence-corrected chi connectivity index (χ1v) is 33.9. The average Bonchev–Trinajstić information content (AvgIpc) is 0.760. The molecular weight excluding hydrogens is 1200 g/mol. The number of rotatable bonds is 13. The maximum Gasteiger partial charge on any atom is 0.329 e. The number of Topliss-reactive ketones (excluding diaryl/α,β-unsaturated/α-hetero) is 3. The molecule has 2 aliphatic carbocycles. The number of nitrogens with zero attached hydrogens (tertiary/aromatic N) is 5. The lowest BCUT2D eigenvalue weighted by atomic mass is 9.78. The van der Waals surface area contributed by atoms with Gasteiger partial charge in [-0.15, -0.1) is 0 Å². The van der Waals surface area contributed by atoms with Crippen LogP contribution in [0.1, 0.15) is 163 Å². The Labute approximate surface area is 553 Å². The van der Waals surface area contributed by atoms with Gasteiger partial charge in [-0.25, -0.2) is 14.8 Å². The van der Waals surface area contributed by atoms with Crippen molar-refractivity contribution in [3.05, 3.63) is 88.0 Å². The molecule has 2 bridgehead atoms. The van der Waals surface area contributed by atoms with Crippen molar-refractivity contribution in [2.45, 2.75) is 225 Å². The second-order valence-corrected chi connectivity index (χ2v) is 27.3. The number of carbonyl (C=O) groups excluding carboxylic acids is 5. The van der Waals surface area contributed by atoms with Gasteiger partial charge in [0.2, 0.25) is 17.6 Å². The maximum absolute atomic E-state index is 14.7. The van der Waals surface area contributed by atoms with Gasteiger partial charge in [0.25, 0.3) is 17.2 Å². The number of allylic oxidation sites excluding steroid dienone is 6. The van der Waals surface area contributed by atoms with Crippen molar-refractivity contribution in [1.82, 2.24) is 24.4 Å². The van der Waals surface area contributed by atoms with Gasteiger partial charge in [-0.05, 0) is 152 Å². The number of aryl methyl sites for hydroxylation is 1. The number of ketones is 3. The second kappa shape index (κ2) is 33.5. The van der Waals surface area contributed by atoms with Crippen LogP contribution in [0, 0.1) is 42.4 Å². The third-order valence-electron chi connectivity index (χ3n) is 20.3. The van der Waals surface area contributed by atoms with Gasteiger partial charge in [0, 0.05) is 86.2 Å². The molecule has 15 atom stereocenters. The van der Waals surface area contributed by atoms with Gasteiger partial charge in [0.15, 0.2) is 5.78 Å². The molecule has 6 heterocycles. The number of anilines is 1. The number of nitrogens with two attached hydrogens (primary N) is 1. The molecule has 3 aliphatic heterocycles. The largest absolute Gasteiger partial charge is 0.481 e. The summed E-state index contributed by atoms with van der Waals surface area (Å²) in [5, 5.41) is 35.4. The van der Waals surface area contributed by atoms with Crippen LogP contribution in [-0.4, -0.2) is 171 Å². The van der Waals surface area contributed by atoms with E-state index in [1.807, 2.05) is 65.0 Å². The molecular formula is C72H102N6O16. The van der Waals surface area contributed by atoms with E-state index >= 15 is 0 Å². The first-order chi connectivity index (χ1) is 44.8. The number of hydrogen-bond acceptors (Lipinski definition) is 20.